The summed E-state index contributed by atoms with van der Waals surface area (Å²) in [6, 6.07) is 5.02. The van der Waals surface area contributed by atoms with Gasteiger partial charge in [0.1, 0.15) is 11.9 Å². The van der Waals surface area contributed by atoms with E-state index < -0.39 is 0 Å². The Morgan fingerprint density at radius 3 is 3.07 bits per heavy atom. The van der Waals surface area contributed by atoms with Crippen molar-refractivity contribution in [3.63, 3.8) is 0 Å². The number of halogens is 1. The smallest absolute Gasteiger partial charge is 0.153 e. The lowest BCUT2D eigenvalue weighted by Gasteiger charge is -2.13. The molecule has 0 radical (unpaired) electrons. The fourth-order valence-corrected chi connectivity index (χ4v) is 1.68. The molecule has 0 N–H and O–H groups in total. The number of aldehydes is 1. The van der Waals surface area contributed by atoms with Crippen LogP contribution in [0.5, 0.6) is 5.75 Å². The first-order chi connectivity index (χ1) is 7.29. The molecule has 0 bridgehead atoms. The van der Waals surface area contributed by atoms with Gasteiger partial charge in [0.15, 0.2) is 6.29 Å². The average molecular weight is 227 g/mol. The molecule has 0 spiro atoms. The Balaban J connectivity index is 2.15. The zero-order valence-corrected chi connectivity index (χ0v) is 8.87. The van der Waals surface area contributed by atoms with Crippen molar-refractivity contribution in [3.8, 4) is 5.75 Å². The first kappa shape index (κ1) is 10.5. The molecule has 1 heterocycles. The van der Waals surface area contributed by atoms with Crippen LogP contribution in [0.2, 0.25) is 5.02 Å². The highest BCUT2D eigenvalue weighted by atomic mass is 35.5. The third-order valence-electron chi connectivity index (χ3n) is 2.28. The lowest BCUT2D eigenvalue weighted by Crippen LogP contribution is -2.16. The van der Waals surface area contributed by atoms with Crippen molar-refractivity contribution >= 4 is 17.9 Å². The molecular formula is C11H11ClO3. The van der Waals surface area contributed by atoms with Crippen LogP contribution < -0.4 is 4.74 Å². The van der Waals surface area contributed by atoms with Gasteiger partial charge in [-0.05, 0) is 18.2 Å². The van der Waals surface area contributed by atoms with Crippen molar-refractivity contribution < 1.29 is 14.3 Å². The molecule has 15 heavy (non-hydrogen) atoms. The highest BCUT2D eigenvalue weighted by Gasteiger charge is 2.18. The second-order valence-electron chi connectivity index (χ2n) is 3.40. The maximum absolute atomic E-state index is 10.8. The van der Waals surface area contributed by atoms with E-state index in [1.165, 1.54) is 0 Å². The van der Waals surface area contributed by atoms with Crippen LogP contribution in [0.1, 0.15) is 16.8 Å². The first-order valence-corrected chi connectivity index (χ1v) is 5.16. The van der Waals surface area contributed by atoms with Gasteiger partial charge in [-0.1, -0.05) is 11.6 Å². The van der Waals surface area contributed by atoms with E-state index in [0.29, 0.717) is 29.5 Å². The first-order valence-electron chi connectivity index (χ1n) is 4.79. The van der Waals surface area contributed by atoms with Crippen LogP contribution in [0.4, 0.5) is 0 Å². The molecule has 1 unspecified atom stereocenters. The molecule has 1 atom stereocenters. The molecule has 2 rings (SSSR count). The monoisotopic (exact) mass is 226 g/mol. The number of carbonyl (C=O) groups is 1. The van der Waals surface area contributed by atoms with E-state index in [9.17, 15) is 4.79 Å². The van der Waals surface area contributed by atoms with Crippen molar-refractivity contribution in [2.45, 2.75) is 12.5 Å². The van der Waals surface area contributed by atoms with Crippen LogP contribution in [-0.2, 0) is 4.74 Å². The second-order valence-corrected chi connectivity index (χ2v) is 3.84. The van der Waals surface area contributed by atoms with Gasteiger partial charge in [-0.15, -0.1) is 0 Å². The molecule has 1 aromatic carbocycles. The summed E-state index contributed by atoms with van der Waals surface area (Å²) in [6.45, 7) is 1.30. The molecule has 0 aliphatic carbocycles. The van der Waals surface area contributed by atoms with E-state index in [-0.39, 0.29) is 6.10 Å². The van der Waals surface area contributed by atoms with Crippen LogP contribution in [0.3, 0.4) is 0 Å². The molecule has 4 heteroatoms. The number of rotatable bonds is 3. The molecular weight excluding hydrogens is 216 g/mol. The van der Waals surface area contributed by atoms with Crippen molar-refractivity contribution in [1.82, 2.24) is 0 Å². The fraction of sp³-hybridized carbons (Fsp3) is 0.364. The van der Waals surface area contributed by atoms with E-state index in [0.717, 1.165) is 12.7 Å². The molecule has 0 saturated carbocycles. The zero-order chi connectivity index (χ0) is 10.7. The van der Waals surface area contributed by atoms with E-state index in [4.69, 9.17) is 21.1 Å². The minimum atomic E-state index is 0.0462. The molecule has 0 aromatic heterocycles. The minimum Gasteiger partial charge on any atom is -0.487 e. The highest BCUT2D eigenvalue weighted by molar-refractivity contribution is 6.30. The van der Waals surface area contributed by atoms with Gasteiger partial charge in [0.2, 0.25) is 0 Å². The van der Waals surface area contributed by atoms with Gasteiger partial charge in [0, 0.05) is 11.4 Å². The molecule has 3 nitrogen and oxygen atoms in total. The largest absolute Gasteiger partial charge is 0.487 e. The quantitative estimate of drug-likeness (QED) is 0.742. The number of hydrogen-bond donors (Lipinski definition) is 0. The number of carbonyl (C=O) groups excluding carboxylic acids is 1. The lowest BCUT2D eigenvalue weighted by molar-refractivity contribution is 0.111. The van der Waals surface area contributed by atoms with Crippen molar-refractivity contribution in [3.05, 3.63) is 28.8 Å². The standard InChI is InChI=1S/C11H11ClO3/c12-9-1-2-11(8(5-9)6-13)15-10-3-4-14-7-10/h1-2,5-6,10H,3-4,7H2. The molecule has 1 aliphatic heterocycles. The maximum atomic E-state index is 10.8. The summed E-state index contributed by atoms with van der Waals surface area (Å²) >= 11 is 5.77. The molecule has 1 aliphatic rings. The summed E-state index contributed by atoms with van der Waals surface area (Å²) in [5.74, 6) is 0.574. The summed E-state index contributed by atoms with van der Waals surface area (Å²) in [5, 5.41) is 0.534. The van der Waals surface area contributed by atoms with Gasteiger partial charge in [-0.25, -0.2) is 0 Å². The van der Waals surface area contributed by atoms with E-state index in [1.807, 2.05) is 0 Å². The third kappa shape index (κ3) is 2.49. The number of benzene rings is 1. The zero-order valence-electron chi connectivity index (χ0n) is 8.11. The molecule has 1 aromatic rings. The van der Waals surface area contributed by atoms with Gasteiger partial charge < -0.3 is 9.47 Å². The Hall–Kier alpha value is -1.06. The lowest BCUT2D eigenvalue weighted by atomic mass is 10.2. The number of hydrogen-bond acceptors (Lipinski definition) is 3. The predicted molar refractivity (Wildman–Crippen MR) is 56.7 cm³/mol. The van der Waals surface area contributed by atoms with Gasteiger partial charge in [0.05, 0.1) is 18.8 Å². The third-order valence-corrected chi connectivity index (χ3v) is 2.52. The minimum absolute atomic E-state index is 0.0462. The van der Waals surface area contributed by atoms with Crippen molar-refractivity contribution in [2.75, 3.05) is 13.2 Å². The predicted octanol–water partition coefficient (Wildman–Crippen LogP) is 2.32. The summed E-state index contributed by atoms with van der Waals surface area (Å²) in [6.07, 6.45) is 1.66. The molecule has 1 fully saturated rings. The van der Waals surface area contributed by atoms with Gasteiger partial charge in [-0.2, -0.15) is 0 Å². The summed E-state index contributed by atoms with van der Waals surface area (Å²) in [5.41, 5.74) is 0.481. The second kappa shape index (κ2) is 4.64. The molecule has 1 saturated heterocycles. The Morgan fingerprint density at radius 1 is 1.53 bits per heavy atom. The summed E-state index contributed by atoms with van der Waals surface area (Å²) in [7, 11) is 0. The van der Waals surface area contributed by atoms with E-state index in [2.05, 4.69) is 0 Å². The normalized spacial score (nSPS) is 20.2. The van der Waals surface area contributed by atoms with E-state index in [1.54, 1.807) is 18.2 Å². The topological polar surface area (TPSA) is 35.5 Å². The SMILES string of the molecule is O=Cc1cc(Cl)ccc1OC1CCOC1. The van der Waals surface area contributed by atoms with Gasteiger partial charge >= 0.3 is 0 Å². The summed E-state index contributed by atoms with van der Waals surface area (Å²) in [4.78, 5) is 10.8. The van der Waals surface area contributed by atoms with Gasteiger partial charge in [-0.3, -0.25) is 4.79 Å². The number of ether oxygens (including phenoxy) is 2. The van der Waals surface area contributed by atoms with Crippen LogP contribution >= 0.6 is 11.6 Å². The highest BCUT2D eigenvalue weighted by Crippen LogP contribution is 2.24. The van der Waals surface area contributed by atoms with Crippen LogP contribution in [0.15, 0.2) is 18.2 Å². The summed E-state index contributed by atoms with van der Waals surface area (Å²) < 4.78 is 10.8. The Bertz CT molecular complexity index is 359. The molecule has 80 valence electrons. The van der Waals surface area contributed by atoms with Crippen LogP contribution in [0, 0.1) is 0 Å². The van der Waals surface area contributed by atoms with Crippen molar-refractivity contribution in [1.29, 1.82) is 0 Å². The Kier molecular flexibility index (Phi) is 3.23. The Morgan fingerprint density at radius 2 is 2.40 bits per heavy atom. The average Bonchev–Trinajstić information content (AvgIpc) is 2.73. The van der Waals surface area contributed by atoms with E-state index >= 15 is 0 Å². The molecule has 0 amide bonds. The fourth-order valence-electron chi connectivity index (χ4n) is 1.50. The van der Waals surface area contributed by atoms with Crippen LogP contribution in [-0.4, -0.2) is 25.6 Å². The van der Waals surface area contributed by atoms with Gasteiger partial charge in [0.25, 0.3) is 0 Å². The Labute approximate surface area is 92.9 Å². The van der Waals surface area contributed by atoms with Crippen LogP contribution in [0.25, 0.3) is 0 Å². The van der Waals surface area contributed by atoms with Crippen molar-refractivity contribution in [2.24, 2.45) is 0 Å². The maximum Gasteiger partial charge on any atom is 0.153 e.